The maximum atomic E-state index is 13.7. The minimum Gasteiger partial charge on any atom is -0.507 e. The smallest absolute Gasteiger partial charge is 0.344 e. The normalized spacial score (nSPS) is 12.2. The van der Waals surface area contributed by atoms with Crippen molar-refractivity contribution in [3.05, 3.63) is 126 Å². The first-order valence-corrected chi connectivity index (χ1v) is 11.1. The molecule has 0 fully saturated rings. The summed E-state index contributed by atoms with van der Waals surface area (Å²) in [7, 11) is 0. The summed E-state index contributed by atoms with van der Waals surface area (Å²) < 4.78 is 7.78. The zero-order chi connectivity index (χ0) is 23.1. The minimum atomic E-state index is -0.850. The Labute approximate surface area is 196 Å². The zero-order valence-corrected chi connectivity index (χ0v) is 19.2. The topological polar surface area (TPSA) is 88.2 Å². The highest BCUT2D eigenvalue weighted by molar-refractivity contribution is 9.10. The van der Waals surface area contributed by atoms with Crippen molar-refractivity contribution in [1.82, 2.24) is 9.78 Å². The van der Waals surface area contributed by atoms with Crippen molar-refractivity contribution < 1.29 is 9.52 Å². The predicted molar refractivity (Wildman–Crippen MR) is 130 cm³/mol. The van der Waals surface area contributed by atoms with Crippen LogP contribution >= 0.6 is 15.9 Å². The third-order valence-electron chi connectivity index (χ3n) is 5.71. The van der Waals surface area contributed by atoms with Gasteiger partial charge in [0.25, 0.3) is 5.56 Å². The highest BCUT2D eigenvalue weighted by Crippen LogP contribution is 2.38. The standard InChI is InChI=1S/C26H19BrN2O4/c1-15-21(25(31)29(28-15)18-10-3-2-4-11-18)22(16-8-7-9-17(27)14-16)23-24(30)19-12-5-6-13-20(19)33-26(23)32/h2-14,22,28,30H,1H3. The lowest BCUT2D eigenvalue weighted by Crippen LogP contribution is -2.23. The summed E-state index contributed by atoms with van der Waals surface area (Å²) in [6.45, 7) is 1.78. The molecule has 1 unspecified atom stereocenters. The molecule has 6 nitrogen and oxygen atoms in total. The van der Waals surface area contributed by atoms with Crippen LogP contribution in [0.25, 0.3) is 16.7 Å². The highest BCUT2D eigenvalue weighted by Gasteiger charge is 2.31. The van der Waals surface area contributed by atoms with Gasteiger partial charge in [0.05, 0.1) is 28.1 Å². The number of hydrogen-bond acceptors (Lipinski definition) is 4. The number of benzene rings is 3. The molecule has 0 radical (unpaired) electrons. The molecular formula is C26H19BrN2O4. The van der Waals surface area contributed by atoms with Gasteiger partial charge in [-0.05, 0) is 48.9 Å². The Hall–Kier alpha value is -3.84. The van der Waals surface area contributed by atoms with Crippen LogP contribution in [0, 0.1) is 6.92 Å². The van der Waals surface area contributed by atoms with Crippen molar-refractivity contribution in [3.8, 4) is 11.4 Å². The molecule has 0 saturated carbocycles. The third-order valence-corrected chi connectivity index (χ3v) is 6.20. The van der Waals surface area contributed by atoms with E-state index in [2.05, 4.69) is 21.0 Å². The molecule has 0 bridgehead atoms. The van der Waals surface area contributed by atoms with E-state index in [4.69, 9.17) is 4.42 Å². The fraction of sp³-hybridized carbons (Fsp3) is 0.0769. The van der Waals surface area contributed by atoms with Crippen molar-refractivity contribution in [1.29, 1.82) is 0 Å². The van der Waals surface area contributed by atoms with Crippen molar-refractivity contribution in [2.75, 3.05) is 0 Å². The Kier molecular flexibility index (Phi) is 5.26. The first-order valence-electron chi connectivity index (χ1n) is 10.3. The number of para-hydroxylation sites is 2. The van der Waals surface area contributed by atoms with Crippen LogP contribution in [0.5, 0.6) is 5.75 Å². The molecule has 0 aliphatic rings. The number of fused-ring (bicyclic) bond motifs is 1. The van der Waals surface area contributed by atoms with Gasteiger partial charge in [0.15, 0.2) is 0 Å². The van der Waals surface area contributed by atoms with E-state index < -0.39 is 11.5 Å². The Morgan fingerprint density at radius 3 is 2.42 bits per heavy atom. The van der Waals surface area contributed by atoms with Crippen LogP contribution in [0.1, 0.15) is 28.3 Å². The first-order chi connectivity index (χ1) is 16.0. The summed E-state index contributed by atoms with van der Waals surface area (Å²) in [5, 5.41) is 14.7. The van der Waals surface area contributed by atoms with Crippen LogP contribution in [-0.2, 0) is 0 Å². The molecule has 3 aromatic carbocycles. The highest BCUT2D eigenvalue weighted by atomic mass is 79.9. The molecule has 2 heterocycles. The summed E-state index contributed by atoms with van der Waals surface area (Å²) in [5.41, 5.74) is 1.57. The number of rotatable bonds is 4. The van der Waals surface area contributed by atoms with E-state index in [-0.39, 0.29) is 22.5 Å². The van der Waals surface area contributed by atoms with Crippen LogP contribution < -0.4 is 11.2 Å². The first kappa shape index (κ1) is 21.0. The van der Waals surface area contributed by atoms with E-state index >= 15 is 0 Å². The monoisotopic (exact) mass is 502 g/mol. The molecule has 0 aliphatic carbocycles. The molecule has 33 heavy (non-hydrogen) atoms. The van der Waals surface area contributed by atoms with Gasteiger partial charge in [-0.25, -0.2) is 9.48 Å². The molecule has 2 N–H and O–H groups in total. The number of halogens is 1. The van der Waals surface area contributed by atoms with Gasteiger partial charge in [-0.15, -0.1) is 0 Å². The maximum absolute atomic E-state index is 13.7. The number of nitrogens with zero attached hydrogens (tertiary/aromatic N) is 1. The van der Waals surface area contributed by atoms with Crippen LogP contribution in [0.4, 0.5) is 0 Å². The Morgan fingerprint density at radius 2 is 1.67 bits per heavy atom. The van der Waals surface area contributed by atoms with Crippen LogP contribution in [0.3, 0.4) is 0 Å². The maximum Gasteiger partial charge on any atom is 0.344 e. The lowest BCUT2D eigenvalue weighted by atomic mass is 9.85. The summed E-state index contributed by atoms with van der Waals surface area (Å²) >= 11 is 3.48. The molecular weight excluding hydrogens is 484 g/mol. The van der Waals surface area contributed by atoms with E-state index in [1.165, 1.54) is 4.68 Å². The van der Waals surface area contributed by atoms with Gasteiger partial charge in [0.1, 0.15) is 11.3 Å². The average molecular weight is 503 g/mol. The fourth-order valence-corrected chi connectivity index (χ4v) is 4.64. The molecule has 0 saturated heterocycles. The van der Waals surface area contributed by atoms with Crippen molar-refractivity contribution in [2.24, 2.45) is 0 Å². The van der Waals surface area contributed by atoms with E-state index in [1.54, 1.807) is 31.2 Å². The van der Waals surface area contributed by atoms with Gasteiger partial charge in [-0.2, -0.15) is 0 Å². The minimum absolute atomic E-state index is 0.0196. The Morgan fingerprint density at radius 1 is 0.939 bits per heavy atom. The number of H-pyrrole nitrogens is 1. The molecule has 164 valence electrons. The number of nitrogens with one attached hydrogen (secondary N) is 1. The molecule has 5 rings (SSSR count). The number of aromatic nitrogens is 2. The van der Waals surface area contributed by atoms with Crippen molar-refractivity contribution in [2.45, 2.75) is 12.8 Å². The molecule has 0 spiro atoms. The Bertz CT molecular complexity index is 1600. The van der Waals surface area contributed by atoms with E-state index in [9.17, 15) is 14.7 Å². The summed E-state index contributed by atoms with van der Waals surface area (Å²) in [6, 6.07) is 23.3. The third kappa shape index (κ3) is 3.60. The van der Waals surface area contributed by atoms with Gasteiger partial charge in [0.2, 0.25) is 0 Å². The molecule has 7 heteroatoms. The zero-order valence-electron chi connectivity index (χ0n) is 17.6. The quantitative estimate of drug-likeness (QED) is 0.329. The number of aromatic hydroxyl groups is 1. The second-order valence-corrected chi connectivity index (χ2v) is 8.68. The summed E-state index contributed by atoms with van der Waals surface area (Å²) in [5.74, 6) is -1.05. The fourth-order valence-electron chi connectivity index (χ4n) is 4.22. The lowest BCUT2D eigenvalue weighted by Gasteiger charge is -2.18. The Balaban J connectivity index is 1.84. The van der Waals surface area contributed by atoms with Crippen molar-refractivity contribution >= 4 is 26.9 Å². The van der Waals surface area contributed by atoms with E-state index in [1.807, 2.05) is 54.6 Å². The molecule has 0 amide bonds. The summed E-state index contributed by atoms with van der Waals surface area (Å²) in [6.07, 6.45) is 0. The van der Waals surface area contributed by atoms with Gasteiger partial charge in [-0.3, -0.25) is 9.89 Å². The van der Waals surface area contributed by atoms with Crippen LogP contribution in [-0.4, -0.2) is 14.9 Å². The molecule has 0 aliphatic heterocycles. The van der Waals surface area contributed by atoms with Gasteiger partial charge >= 0.3 is 5.63 Å². The molecule has 5 aromatic rings. The molecule has 2 aromatic heterocycles. The van der Waals surface area contributed by atoms with Gasteiger partial charge < -0.3 is 9.52 Å². The van der Waals surface area contributed by atoms with Gasteiger partial charge in [0, 0.05) is 10.2 Å². The number of hydrogen-bond donors (Lipinski definition) is 2. The largest absolute Gasteiger partial charge is 0.507 e. The number of aryl methyl sites for hydroxylation is 1. The van der Waals surface area contributed by atoms with Crippen molar-refractivity contribution in [3.63, 3.8) is 0 Å². The van der Waals surface area contributed by atoms with Crippen LogP contribution in [0.15, 0.2) is 97.3 Å². The SMILES string of the molecule is Cc1[nH]n(-c2ccccc2)c(=O)c1C(c1cccc(Br)c1)c1c(O)c2ccccc2oc1=O. The lowest BCUT2D eigenvalue weighted by molar-refractivity contribution is 0.455. The second-order valence-electron chi connectivity index (χ2n) is 7.76. The summed E-state index contributed by atoms with van der Waals surface area (Å²) in [4.78, 5) is 26.8. The van der Waals surface area contributed by atoms with E-state index in [0.29, 0.717) is 27.9 Å². The molecule has 1 atom stereocenters. The number of aromatic amines is 1. The van der Waals surface area contributed by atoms with Crippen LogP contribution in [0.2, 0.25) is 0 Å². The van der Waals surface area contributed by atoms with Gasteiger partial charge in [-0.1, -0.05) is 58.4 Å². The van der Waals surface area contributed by atoms with E-state index in [0.717, 1.165) is 4.47 Å². The average Bonchev–Trinajstić information content (AvgIpc) is 3.11. The predicted octanol–water partition coefficient (Wildman–Crippen LogP) is 5.23. The second kappa shape index (κ2) is 8.26.